The molecule has 0 aliphatic heterocycles. The SMILES string of the molecule is OCCCCCN(CC1CC1)c1ccccc1. The molecule has 94 valence electrons. The third kappa shape index (κ3) is 4.39. The van der Waals surface area contributed by atoms with E-state index < -0.39 is 0 Å². The van der Waals surface area contributed by atoms with E-state index in [4.69, 9.17) is 5.11 Å². The van der Waals surface area contributed by atoms with Crippen LogP contribution in [0.4, 0.5) is 5.69 Å². The molecule has 0 spiro atoms. The third-order valence-electron chi connectivity index (χ3n) is 3.38. The minimum Gasteiger partial charge on any atom is -0.396 e. The van der Waals surface area contributed by atoms with Gasteiger partial charge in [0, 0.05) is 25.4 Å². The van der Waals surface area contributed by atoms with E-state index in [0.29, 0.717) is 6.61 Å². The van der Waals surface area contributed by atoms with Gasteiger partial charge in [-0.1, -0.05) is 18.2 Å². The monoisotopic (exact) mass is 233 g/mol. The van der Waals surface area contributed by atoms with E-state index in [0.717, 1.165) is 25.3 Å². The number of nitrogens with zero attached hydrogens (tertiary/aromatic N) is 1. The average molecular weight is 233 g/mol. The molecule has 2 rings (SSSR count). The number of hydrogen-bond donors (Lipinski definition) is 1. The van der Waals surface area contributed by atoms with Crippen molar-refractivity contribution in [3.8, 4) is 0 Å². The van der Waals surface area contributed by atoms with Gasteiger partial charge in [0.1, 0.15) is 0 Å². The van der Waals surface area contributed by atoms with Gasteiger partial charge in [0.15, 0.2) is 0 Å². The number of para-hydroxylation sites is 1. The van der Waals surface area contributed by atoms with Crippen molar-refractivity contribution in [2.45, 2.75) is 32.1 Å². The van der Waals surface area contributed by atoms with Gasteiger partial charge >= 0.3 is 0 Å². The van der Waals surface area contributed by atoms with Crippen molar-refractivity contribution in [1.29, 1.82) is 0 Å². The van der Waals surface area contributed by atoms with Gasteiger partial charge in [0.2, 0.25) is 0 Å². The number of benzene rings is 1. The molecule has 1 fully saturated rings. The summed E-state index contributed by atoms with van der Waals surface area (Å²) in [6.07, 6.45) is 6.05. The molecule has 1 aromatic rings. The van der Waals surface area contributed by atoms with Gasteiger partial charge in [0.25, 0.3) is 0 Å². The Balaban J connectivity index is 1.84. The minimum absolute atomic E-state index is 0.327. The van der Waals surface area contributed by atoms with Crippen LogP contribution in [-0.2, 0) is 0 Å². The largest absolute Gasteiger partial charge is 0.396 e. The first-order chi connectivity index (χ1) is 8.40. The standard InChI is InChI=1S/C15H23NO/c17-12-6-2-5-11-16(13-14-9-10-14)15-7-3-1-4-8-15/h1,3-4,7-8,14,17H,2,5-6,9-13H2. The number of aliphatic hydroxyl groups excluding tert-OH is 1. The predicted molar refractivity (Wildman–Crippen MR) is 72.3 cm³/mol. The van der Waals surface area contributed by atoms with Crippen LogP contribution in [0.25, 0.3) is 0 Å². The topological polar surface area (TPSA) is 23.5 Å². The fraction of sp³-hybridized carbons (Fsp3) is 0.600. The molecule has 1 aliphatic rings. The summed E-state index contributed by atoms with van der Waals surface area (Å²) in [5.74, 6) is 0.924. The molecule has 0 bridgehead atoms. The van der Waals surface area contributed by atoms with Gasteiger partial charge in [-0.3, -0.25) is 0 Å². The highest BCUT2D eigenvalue weighted by Gasteiger charge is 2.24. The zero-order valence-electron chi connectivity index (χ0n) is 10.5. The highest BCUT2D eigenvalue weighted by Crippen LogP contribution is 2.31. The summed E-state index contributed by atoms with van der Waals surface area (Å²) in [5, 5.41) is 8.79. The van der Waals surface area contributed by atoms with E-state index in [1.807, 2.05) is 0 Å². The van der Waals surface area contributed by atoms with E-state index in [1.165, 1.54) is 31.5 Å². The molecular formula is C15H23NO. The van der Waals surface area contributed by atoms with Crippen molar-refractivity contribution < 1.29 is 5.11 Å². The Kier molecular flexibility index (Phi) is 4.87. The molecular weight excluding hydrogens is 210 g/mol. The lowest BCUT2D eigenvalue weighted by Gasteiger charge is -2.24. The second-order valence-electron chi connectivity index (χ2n) is 5.01. The smallest absolute Gasteiger partial charge is 0.0431 e. The number of aliphatic hydroxyl groups is 1. The minimum atomic E-state index is 0.327. The van der Waals surface area contributed by atoms with Gasteiger partial charge in [-0.15, -0.1) is 0 Å². The fourth-order valence-corrected chi connectivity index (χ4v) is 2.17. The zero-order valence-corrected chi connectivity index (χ0v) is 10.5. The predicted octanol–water partition coefficient (Wildman–Crippen LogP) is 3.07. The maximum Gasteiger partial charge on any atom is 0.0431 e. The quantitative estimate of drug-likeness (QED) is 0.698. The zero-order chi connectivity index (χ0) is 11.9. The lowest BCUT2D eigenvalue weighted by atomic mass is 10.2. The van der Waals surface area contributed by atoms with Gasteiger partial charge in [-0.05, 0) is 50.2 Å². The van der Waals surface area contributed by atoms with E-state index in [2.05, 4.69) is 35.2 Å². The van der Waals surface area contributed by atoms with E-state index in [-0.39, 0.29) is 0 Å². The summed E-state index contributed by atoms with van der Waals surface area (Å²) in [6, 6.07) is 10.7. The van der Waals surface area contributed by atoms with Crippen molar-refractivity contribution in [2.24, 2.45) is 5.92 Å². The molecule has 0 heterocycles. The Morgan fingerprint density at radius 3 is 2.47 bits per heavy atom. The molecule has 1 saturated carbocycles. The molecule has 1 aromatic carbocycles. The Morgan fingerprint density at radius 2 is 1.82 bits per heavy atom. The first kappa shape index (κ1) is 12.4. The Morgan fingerprint density at radius 1 is 1.06 bits per heavy atom. The van der Waals surface area contributed by atoms with E-state index in [1.54, 1.807) is 0 Å². The van der Waals surface area contributed by atoms with Crippen molar-refractivity contribution in [1.82, 2.24) is 0 Å². The van der Waals surface area contributed by atoms with Crippen LogP contribution in [0, 0.1) is 5.92 Å². The van der Waals surface area contributed by atoms with Gasteiger partial charge in [0.05, 0.1) is 0 Å². The molecule has 0 atom stereocenters. The Bertz CT molecular complexity index is 308. The number of hydrogen-bond acceptors (Lipinski definition) is 2. The molecule has 1 aliphatic carbocycles. The summed E-state index contributed by atoms with van der Waals surface area (Å²) < 4.78 is 0. The van der Waals surface area contributed by atoms with Crippen LogP contribution in [0.5, 0.6) is 0 Å². The van der Waals surface area contributed by atoms with Crippen LogP contribution in [0.2, 0.25) is 0 Å². The van der Waals surface area contributed by atoms with Gasteiger partial charge < -0.3 is 10.0 Å². The molecule has 2 heteroatoms. The molecule has 0 amide bonds. The molecule has 1 N–H and O–H groups in total. The first-order valence-electron chi connectivity index (χ1n) is 6.81. The molecule has 17 heavy (non-hydrogen) atoms. The highest BCUT2D eigenvalue weighted by molar-refractivity contribution is 5.46. The normalized spacial score (nSPS) is 14.9. The lowest BCUT2D eigenvalue weighted by molar-refractivity contribution is 0.283. The summed E-state index contributed by atoms with van der Waals surface area (Å²) in [6.45, 7) is 2.66. The van der Waals surface area contributed by atoms with Crippen molar-refractivity contribution >= 4 is 5.69 Å². The summed E-state index contributed by atoms with van der Waals surface area (Å²) in [5.41, 5.74) is 1.35. The van der Waals surface area contributed by atoms with Crippen LogP contribution in [0.3, 0.4) is 0 Å². The van der Waals surface area contributed by atoms with E-state index >= 15 is 0 Å². The number of unbranched alkanes of at least 4 members (excludes halogenated alkanes) is 2. The van der Waals surface area contributed by atoms with Crippen LogP contribution >= 0.6 is 0 Å². The van der Waals surface area contributed by atoms with Gasteiger partial charge in [-0.2, -0.15) is 0 Å². The second-order valence-corrected chi connectivity index (χ2v) is 5.01. The molecule has 0 unspecified atom stereocenters. The fourth-order valence-electron chi connectivity index (χ4n) is 2.17. The summed E-state index contributed by atoms with van der Waals surface area (Å²) in [7, 11) is 0. The Labute approximate surface area is 104 Å². The third-order valence-corrected chi connectivity index (χ3v) is 3.38. The average Bonchev–Trinajstić information content (AvgIpc) is 3.18. The van der Waals surface area contributed by atoms with E-state index in [9.17, 15) is 0 Å². The van der Waals surface area contributed by atoms with Crippen molar-refractivity contribution in [3.63, 3.8) is 0 Å². The molecule has 0 saturated heterocycles. The van der Waals surface area contributed by atoms with Crippen molar-refractivity contribution in [3.05, 3.63) is 30.3 Å². The summed E-state index contributed by atoms with van der Waals surface area (Å²) in [4.78, 5) is 2.51. The highest BCUT2D eigenvalue weighted by atomic mass is 16.2. The molecule has 2 nitrogen and oxygen atoms in total. The molecule has 0 aromatic heterocycles. The van der Waals surface area contributed by atoms with Crippen molar-refractivity contribution in [2.75, 3.05) is 24.6 Å². The second kappa shape index (κ2) is 6.65. The maximum atomic E-state index is 8.79. The lowest BCUT2D eigenvalue weighted by Crippen LogP contribution is -2.26. The molecule has 0 radical (unpaired) electrons. The first-order valence-corrected chi connectivity index (χ1v) is 6.81. The van der Waals surface area contributed by atoms with Crippen LogP contribution in [-0.4, -0.2) is 24.8 Å². The maximum absolute atomic E-state index is 8.79. The van der Waals surface area contributed by atoms with Crippen LogP contribution < -0.4 is 4.90 Å². The van der Waals surface area contributed by atoms with Gasteiger partial charge in [-0.25, -0.2) is 0 Å². The number of anilines is 1. The number of rotatable bonds is 8. The Hall–Kier alpha value is -1.02. The van der Waals surface area contributed by atoms with Crippen LogP contribution in [0.15, 0.2) is 30.3 Å². The van der Waals surface area contributed by atoms with Crippen LogP contribution in [0.1, 0.15) is 32.1 Å². The summed E-state index contributed by atoms with van der Waals surface area (Å²) >= 11 is 0.